The highest BCUT2D eigenvalue weighted by atomic mass is 16.3. The Hall–Kier alpha value is -3.11. The first-order valence-electron chi connectivity index (χ1n) is 11.1. The first kappa shape index (κ1) is 23.6. The number of hydrogen-bond donors (Lipinski definition) is 4. The third-order valence-electron chi connectivity index (χ3n) is 6.67. The van der Waals surface area contributed by atoms with Gasteiger partial charge < -0.3 is 15.7 Å². The second-order valence-corrected chi connectivity index (χ2v) is 9.18. The number of urea groups is 1. The van der Waals surface area contributed by atoms with Crippen LogP contribution >= 0.6 is 0 Å². The van der Waals surface area contributed by atoms with Crippen molar-refractivity contribution in [3.05, 3.63) is 26.4 Å². The molecule has 1 aromatic rings. The number of nitrogens with two attached hydrogens (primary N) is 1. The van der Waals surface area contributed by atoms with E-state index in [0.717, 1.165) is 15.6 Å². The van der Waals surface area contributed by atoms with E-state index in [1.165, 1.54) is 0 Å². The molecule has 0 bridgehead atoms. The summed E-state index contributed by atoms with van der Waals surface area (Å²) in [6.07, 6.45) is 3.79. The number of rotatable bonds is 7. The summed E-state index contributed by atoms with van der Waals surface area (Å²) in [6, 6.07) is -0.790. The molecule has 3 amide bonds. The third-order valence-corrected chi connectivity index (χ3v) is 6.67. The average molecular weight is 449 g/mol. The van der Waals surface area contributed by atoms with Crippen LogP contribution in [0.5, 0.6) is 5.88 Å². The average Bonchev–Trinajstić information content (AvgIpc) is 2.90. The van der Waals surface area contributed by atoms with Gasteiger partial charge in [-0.1, -0.05) is 13.3 Å². The SMILES string of the molecule is CCCCn1c(O)c(C(=N)N)c(=O)n(C2CCC(CN3C(=O)NC(=O)C3(C)C)CC2)c1=O. The fourth-order valence-electron chi connectivity index (χ4n) is 4.58. The van der Waals surface area contributed by atoms with Gasteiger partial charge in [0.25, 0.3) is 11.5 Å². The molecule has 11 nitrogen and oxygen atoms in total. The highest BCUT2D eigenvalue weighted by Gasteiger charge is 2.46. The van der Waals surface area contributed by atoms with Gasteiger partial charge in [-0.3, -0.25) is 29.4 Å². The van der Waals surface area contributed by atoms with Gasteiger partial charge in [0, 0.05) is 19.1 Å². The Morgan fingerprint density at radius 3 is 2.31 bits per heavy atom. The molecule has 0 unspecified atom stereocenters. The molecule has 2 aliphatic rings. The van der Waals surface area contributed by atoms with Crippen LogP contribution in [0.4, 0.5) is 4.79 Å². The van der Waals surface area contributed by atoms with Crippen LogP contribution in [0.25, 0.3) is 0 Å². The van der Waals surface area contributed by atoms with Crippen molar-refractivity contribution in [3.8, 4) is 5.88 Å². The summed E-state index contributed by atoms with van der Waals surface area (Å²) in [4.78, 5) is 51.7. The molecule has 1 saturated heterocycles. The fraction of sp³-hybridized carbons (Fsp3) is 0.667. The highest BCUT2D eigenvalue weighted by Crippen LogP contribution is 2.33. The molecule has 1 aliphatic carbocycles. The lowest BCUT2D eigenvalue weighted by molar-refractivity contribution is -0.125. The van der Waals surface area contributed by atoms with Crippen LogP contribution in [0.3, 0.4) is 0 Å². The Kier molecular flexibility index (Phi) is 6.47. The van der Waals surface area contributed by atoms with Gasteiger partial charge in [0.1, 0.15) is 16.9 Å². The molecule has 11 heteroatoms. The van der Waals surface area contributed by atoms with Crippen LogP contribution in [0, 0.1) is 11.3 Å². The zero-order valence-electron chi connectivity index (χ0n) is 18.8. The van der Waals surface area contributed by atoms with Gasteiger partial charge in [-0.2, -0.15) is 0 Å². The van der Waals surface area contributed by atoms with E-state index in [4.69, 9.17) is 11.1 Å². The van der Waals surface area contributed by atoms with Crippen molar-refractivity contribution < 1.29 is 14.7 Å². The van der Waals surface area contributed by atoms with E-state index in [2.05, 4.69) is 5.32 Å². The van der Waals surface area contributed by atoms with E-state index in [-0.39, 0.29) is 30.0 Å². The van der Waals surface area contributed by atoms with Gasteiger partial charge in [0.15, 0.2) is 0 Å². The molecule has 0 spiro atoms. The molecule has 5 N–H and O–H groups in total. The van der Waals surface area contributed by atoms with Crippen molar-refractivity contribution >= 4 is 17.8 Å². The summed E-state index contributed by atoms with van der Waals surface area (Å²) in [7, 11) is 0. The van der Waals surface area contributed by atoms with Gasteiger partial charge >= 0.3 is 11.7 Å². The van der Waals surface area contributed by atoms with Gasteiger partial charge in [0.2, 0.25) is 5.88 Å². The Morgan fingerprint density at radius 2 is 1.81 bits per heavy atom. The van der Waals surface area contributed by atoms with Crippen LogP contribution < -0.4 is 22.3 Å². The number of nitrogens with one attached hydrogen (secondary N) is 2. The standard InChI is InChI=1S/C21H32N6O5/c1-4-5-10-25-16(28)14(15(22)23)17(29)27(20(25)32)13-8-6-12(7-9-13)11-26-19(31)24-18(30)21(26,2)3/h12-13,28H,4-11H2,1-3H3,(H3,22,23)(H,24,30,31). The summed E-state index contributed by atoms with van der Waals surface area (Å²) in [5.74, 6) is -1.33. The van der Waals surface area contributed by atoms with Crippen LogP contribution in [0.15, 0.2) is 9.59 Å². The lowest BCUT2D eigenvalue weighted by Crippen LogP contribution is -2.48. The smallest absolute Gasteiger partial charge is 0.334 e. The monoisotopic (exact) mass is 448 g/mol. The van der Waals surface area contributed by atoms with Crippen molar-refractivity contribution in [3.63, 3.8) is 0 Å². The van der Waals surface area contributed by atoms with Crippen molar-refractivity contribution in [2.45, 2.75) is 77.4 Å². The van der Waals surface area contributed by atoms with Crippen molar-refractivity contribution in [1.82, 2.24) is 19.4 Å². The number of amidine groups is 1. The van der Waals surface area contributed by atoms with E-state index in [0.29, 0.717) is 38.6 Å². The predicted octanol–water partition coefficient (Wildman–Crippen LogP) is 0.861. The Morgan fingerprint density at radius 1 is 1.19 bits per heavy atom. The maximum Gasteiger partial charge on any atom is 0.334 e. The molecule has 0 aromatic carbocycles. The molecular formula is C21H32N6O5. The molecule has 1 saturated carbocycles. The van der Waals surface area contributed by atoms with Gasteiger partial charge in [-0.15, -0.1) is 0 Å². The maximum absolute atomic E-state index is 13.1. The normalized spacial score (nSPS) is 22.8. The van der Waals surface area contributed by atoms with Crippen LogP contribution in [0.2, 0.25) is 0 Å². The summed E-state index contributed by atoms with van der Waals surface area (Å²) < 4.78 is 2.24. The second kappa shape index (κ2) is 8.79. The molecular weight excluding hydrogens is 416 g/mol. The lowest BCUT2D eigenvalue weighted by Gasteiger charge is -2.35. The lowest BCUT2D eigenvalue weighted by atomic mass is 9.85. The number of amides is 3. The number of nitrogen functional groups attached to an aromatic ring is 1. The van der Waals surface area contributed by atoms with Gasteiger partial charge in [-0.25, -0.2) is 9.59 Å². The second-order valence-electron chi connectivity index (χ2n) is 9.18. The molecule has 2 fully saturated rings. The number of imide groups is 1. The number of nitrogens with zero attached hydrogens (tertiary/aromatic N) is 3. The number of hydrogen-bond acceptors (Lipinski definition) is 6. The number of aromatic hydroxyl groups is 1. The zero-order valence-corrected chi connectivity index (χ0v) is 18.8. The molecule has 2 heterocycles. The summed E-state index contributed by atoms with van der Waals surface area (Å²) in [6.45, 7) is 6.00. The minimum Gasteiger partial charge on any atom is -0.494 e. The molecule has 0 radical (unpaired) electrons. The predicted molar refractivity (Wildman–Crippen MR) is 118 cm³/mol. The highest BCUT2D eigenvalue weighted by molar-refractivity contribution is 6.06. The molecule has 32 heavy (non-hydrogen) atoms. The first-order chi connectivity index (χ1) is 15.0. The van der Waals surface area contributed by atoms with E-state index in [1.807, 2.05) is 6.92 Å². The third kappa shape index (κ3) is 4.03. The van der Waals surface area contributed by atoms with E-state index >= 15 is 0 Å². The molecule has 0 atom stereocenters. The number of carbonyl (C=O) groups excluding carboxylic acids is 2. The quantitative estimate of drug-likeness (QED) is 0.274. The number of unbranched alkanes of at least 4 members (excludes halogenated alkanes) is 1. The van der Waals surface area contributed by atoms with Crippen molar-refractivity contribution in [1.29, 1.82) is 5.41 Å². The topological polar surface area (TPSA) is 164 Å². The van der Waals surface area contributed by atoms with Crippen LogP contribution in [0.1, 0.15) is 70.9 Å². The van der Waals surface area contributed by atoms with E-state index in [1.54, 1.807) is 18.7 Å². The summed E-state index contributed by atoms with van der Waals surface area (Å²) >= 11 is 0. The zero-order chi connectivity index (χ0) is 23.8. The molecule has 1 aromatic heterocycles. The van der Waals surface area contributed by atoms with Gasteiger partial charge in [0.05, 0.1) is 0 Å². The van der Waals surface area contributed by atoms with Crippen LogP contribution in [-0.4, -0.2) is 49.0 Å². The Labute approximate surface area is 185 Å². The fourth-order valence-corrected chi connectivity index (χ4v) is 4.58. The molecule has 3 rings (SSSR count). The van der Waals surface area contributed by atoms with Crippen molar-refractivity contribution in [2.24, 2.45) is 11.7 Å². The number of aromatic nitrogens is 2. The van der Waals surface area contributed by atoms with Crippen LogP contribution in [-0.2, 0) is 11.3 Å². The van der Waals surface area contributed by atoms with Crippen molar-refractivity contribution in [2.75, 3.05) is 6.54 Å². The largest absolute Gasteiger partial charge is 0.494 e. The Balaban J connectivity index is 1.83. The minimum absolute atomic E-state index is 0.129. The maximum atomic E-state index is 13.1. The molecule has 176 valence electrons. The van der Waals surface area contributed by atoms with E-state index in [9.17, 15) is 24.3 Å². The minimum atomic E-state index is -0.911. The van der Waals surface area contributed by atoms with E-state index < -0.39 is 34.5 Å². The molecule has 1 aliphatic heterocycles. The van der Waals surface area contributed by atoms with Gasteiger partial charge in [-0.05, 0) is 51.9 Å². The summed E-state index contributed by atoms with van der Waals surface area (Å²) in [5.41, 5.74) is 2.94. The Bertz CT molecular complexity index is 1050. The summed E-state index contributed by atoms with van der Waals surface area (Å²) in [5, 5.41) is 20.5. The first-order valence-corrected chi connectivity index (χ1v) is 11.1. The number of carbonyl (C=O) groups is 2.